The minimum Gasteiger partial charge on any atom is -0.508 e. The van der Waals surface area contributed by atoms with Crippen LogP contribution >= 0.6 is 15.9 Å². The first-order chi connectivity index (χ1) is 8.66. The molecular weight excluding hydrogens is 296 g/mol. The summed E-state index contributed by atoms with van der Waals surface area (Å²) in [7, 11) is 0. The number of rotatable bonds is 4. The summed E-state index contributed by atoms with van der Waals surface area (Å²) < 4.78 is 6.30. The summed E-state index contributed by atoms with van der Waals surface area (Å²) in [4.78, 5) is 0. The van der Waals surface area contributed by atoms with Crippen LogP contribution in [-0.2, 0) is 0 Å². The molecule has 0 aliphatic heterocycles. The number of hydrogen-bond donors (Lipinski definition) is 2. The van der Waals surface area contributed by atoms with Gasteiger partial charge in [-0.15, -0.1) is 0 Å². The van der Waals surface area contributed by atoms with Crippen LogP contribution in [-0.4, -0.2) is 16.8 Å². The number of aromatic hydroxyl groups is 1. The molecule has 94 valence electrons. The number of benzene rings is 2. The molecule has 1 atom stereocenters. The Kier molecular flexibility index (Phi) is 4.23. The zero-order chi connectivity index (χ0) is 13.0. The van der Waals surface area contributed by atoms with Crippen LogP contribution in [0.5, 0.6) is 11.5 Å². The lowest BCUT2D eigenvalue weighted by Crippen LogP contribution is -2.10. The van der Waals surface area contributed by atoms with Gasteiger partial charge < -0.3 is 14.9 Å². The van der Waals surface area contributed by atoms with Gasteiger partial charge in [0.25, 0.3) is 0 Å². The highest BCUT2D eigenvalue weighted by atomic mass is 79.9. The first-order valence-electron chi connectivity index (χ1n) is 5.51. The summed E-state index contributed by atoms with van der Waals surface area (Å²) in [5.74, 6) is 0.799. The van der Waals surface area contributed by atoms with Crippen LogP contribution in [0.3, 0.4) is 0 Å². The Labute approximate surface area is 114 Å². The minimum atomic E-state index is -0.700. The van der Waals surface area contributed by atoms with Crippen LogP contribution in [0.25, 0.3) is 0 Å². The molecule has 0 saturated heterocycles. The highest BCUT2D eigenvalue weighted by Crippen LogP contribution is 2.24. The van der Waals surface area contributed by atoms with E-state index >= 15 is 0 Å². The standard InChI is InChI=1S/C14H13BrO3/c15-13-4-2-1-3-12(13)14(17)9-18-11-7-5-10(16)6-8-11/h1-8,14,16-17H,9H2. The Hall–Kier alpha value is -1.52. The van der Waals surface area contributed by atoms with E-state index in [-0.39, 0.29) is 12.4 Å². The van der Waals surface area contributed by atoms with Gasteiger partial charge in [-0.2, -0.15) is 0 Å². The Morgan fingerprint density at radius 1 is 1.06 bits per heavy atom. The normalized spacial score (nSPS) is 12.1. The fourth-order valence-corrected chi connectivity index (χ4v) is 2.10. The van der Waals surface area contributed by atoms with Gasteiger partial charge in [-0.1, -0.05) is 34.1 Å². The molecule has 0 aliphatic carbocycles. The molecule has 2 N–H and O–H groups in total. The van der Waals surface area contributed by atoms with E-state index < -0.39 is 6.10 Å². The Morgan fingerprint density at radius 3 is 2.39 bits per heavy atom. The predicted octanol–water partition coefficient (Wildman–Crippen LogP) is 3.27. The first kappa shape index (κ1) is 12.9. The van der Waals surface area contributed by atoms with Gasteiger partial charge in [0, 0.05) is 4.47 Å². The molecule has 0 bridgehead atoms. The van der Waals surface area contributed by atoms with E-state index in [2.05, 4.69) is 15.9 Å². The van der Waals surface area contributed by atoms with E-state index in [0.29, 0.717) is 5.75 Å². The third-order valence-electron chi connectivity index (χ3n) is 2.51. The van der Waals surface area contributed by atoms with Gasteiger partial charge in [-0.05, 0) is 35.9 Å². The Bertz CT molecular complexity index is 511. The Morgan fingerprint density at radius 2 is 1.72 bits per heavy atom. The lowest BCUT2D eigenvalue weighted by atomic mass is 10.1. The third-order valence-corrected chi connectivity index (χ3v) is 3.23. The SMILES string of the molecule is Oc1ccc(OCC(O)c2ccccc2Br)cc1. The summed E-state index contributed by atoms with van der Waals surface area (Å²) in [6.45, 7) is 0.160. The largest absolute Gasteiger partial charge is 0.508 e. The summed E-state index contributed by atoms with van der Waals surface area (Å²) in [6.07, 6.45) is -0.700. The summed E-state index contributed by atoms with van der Waals surface area (Å²) in [6, 6.07) is 13.9. The highest BCUT2D eigenvalue weighted by molar-refractivity contribution is 9.10. The van der Waals surface area contributed by atoms with Gasteiger partial charge in [0.2, 0.25) is 0 Å². The average Bonchev–Trinajstić information content (AvgIpc) is 2.38. The summed E-state index contributed by atoms with van der Waals surface area (Å²) in [5.41, 5.74) is 0.788. The molecule has 0 amide bonds. The Balaban J connectivity index is 1.98. The summed E-state index contributed by atoms with van der Waals surface area (Å²) >= 11 is 3.38. The van der Waals surface area contributed by atoms with Crippen LogP contribution in [0.15, 0.2) is 53.0 Å². The van der Waals surface area contributed by atoms with Crippen LogP contribution < -0.4 is 4.74 Å². The maximum absolute atomic E-state index is 10.0. The van der Waals surface area contributed by atoms with Crippen molar-refractivity contribution in [1.29, 1.82) is 0 Å². The van der Waals surface area contributed by atoms with E-state index in [0.717, 1.165) is 10.0 Å². The van der Waals surface area contributed by atoms with Crippen molar-refractivity contribution in [3.8, 4) is 11.5 Å². The van der Waals surface area contributed by atoms with Crippen molar-refractivity contribution in [2.75, 3.05) is 6.61 Å². The zero-order valence-corrected chi connectivity index (χ0v) is 11.2. The predicted molar refractivity (Wildman–Crippen MR) is 72.7 cm³/mol. The third kappa shape index (κ3) is 3.24. The molecule has 2 rings (SSSR count). The van der Waals surface area contributed by atoms with Crippen molar-refractivity contribution in [3.05, 3.63) is 58.6 Å². The molecule has 0 saturated carbocycles. The van der Waals surface area contributed by atoms with E-state index in [1.54, 1.807) is 24.3 Å². The van der Waals surface area contributed by atoms with Gasteiger partial charge in [0.05, 0.1) is 0 Å². The van der Waals surface area contributed by atoms with Crippen LogP contribution in [0.1, 0.15) is 11.7 Å². The number of aliphatic hydroxyl groups is 1. The summed E-state index contributed by atoms with van der Waals surface area (Å²) in [5, 5.41) is 19.2. The molecule has 0 radical (unpaired) electrons. The quantitative estimate of drug-likeness (QED) is 0.911. The molecule has 0 aromatic heterocycles. The zero-order valence-electron chi connectivity index (χ0n) is 9.58. The molecule has 2 aromatic rings. The van der Waals surface area contributed by atoms with Crippen molar-refractivity contribution in [2.45, 2.75) is 6.10 Å². The maximum Gasteiger partial charge on any atom is 0.119 e. The molecule has 0 aliphatic rings. The molecule has 0 fully saturated rings. The average molecular weight is 309 g/mol. The van der Waals surface area contributed by atoms with Crippen molar-refractivity contribution in [2.24, 2.45) is 0 Å². The topological polar surface area (TPSA) is 49.7 Å². The minimum absolute atomic E-state index is 0.160. The lowest BCUT2D eigenvalue weighted by Gasteiger charge is -2.14. The molecular formula is C14H13BrO3. The highest BCUT2D eigenvalue weighted by Gasteiger charge is 2.11. The second-order valence-electron chi connectivity index (χ2n) is 3.84. The van der Waals surface area contributed by atoms with Crippen LogP contribution in [0.2, 0.25) is 0 Å². The molecule has 1 unspecified atom stereocenters. The number of ether oxygens (including phenoxy) is 1. The van der Waals surface area contributed by atoms with Crippen LogP contribution in [0, 0.1) is 0 Å². The van der Waals surface area contributed by atoms with Crippen molar-refractivity contribution in [1.82, 2.24) is 0 Å². The van der Waals surface area contributed by atoms with Crippen molar-refractivity contribution >= 4 is 15.9 Å². The van der Waals surface area contributed by atoms with Gasteiger partial charge >= 0.3 is 0 Å². The van der Waals surface area contributed by atoms with E-state index in [9.17, 15) is 5.11 Å². The van der Waals surface area contributed by atoms with Gasteiger partial charge in [-0.3, -0.25) is 0 Å². The van der Waals surface area contributed by atoms with E-state index in [1.165, 1.54) is 0 Å². The van der Waals surface area contributed by atoms with Crippen molar-refractivity contribution in [3.63, 3.8) is 0 Å². The van der Waals surface area contributed by atoms with Gasteiger partial charge in [0.15, 0.2) is 0 Å². The number of phenolic OH excluding ortho intramolecular Hbond substituents is 1. The van der Waals surface area contributed by atoms with E-state index in [1.807, 2.05) is 24.3 Å². The fourth-order valence-electron chi connectivity index (χ4n) is 1.55. The molecule has 18 heavy (non-hydrogen) atoms. The smallest absolute Gasteiger partial charge is 0.119 e. The second-order valence-corrected chi connectivity index (χ2v) is 4.70. The molecule has 0 heterocycles. The molecule has 4 heteroatoms. The van der Waals surface area contributed by atoms with Gasteiger partial charge in [-0.25, -0.2) is 0 Å². The van der Waals surface area contributed by atoms with E-state index in [4.69, 9.17) is 9.84 Å². The number of halogens is 1. The lowest BCUT2D eigenvalue weighted by molar-refractivity contribution is 0.107. The van der Waals surface area contributed by atoms with Crippen molar-refractivity contribution < 1.29 is 14.9 Å². The molecule has 3 nitrogen and oxygen atoms in total. The molecule has 2 aromatic carbocycles. The van der Waals surface area contributed by atoms with Crippen LogP contribution in [0.4, 0.5) is 0 Å². The first-order valence-corrected chi connectivity index (χ1v) is 6.30. The fraction of sp³-hybridized carbons (Fsp3) is 0.143. The number of hydrogen-bond acceptors (Lipinski definition) is 3. The monoisotopic (exact) mass is 308 g/mol. The maximum atomic E-state index is 10.0. The van der Waals surface area contributed by atoms with Gasteiger partial charge in [0.1, 0.15) is 24.2 Å². The second kappa shape index (κ2) is 5.89. The number of aliphatic hydroxyl groups excluding tert-OH is 1. The number of phenols is 1. The molecule has 0 spiro atoms.